The number of benzene rings is 3. The zero-order valence-electron chi connectivity index (χ0n) is 30.8. The minimum atomic E-state index is -4.48. The summed E-state index contributed by atoms with van der Waals surface area (Å²) in [6, 6.07) is 20.2. The Hall–Kier alpha value is -5.12. The SMILES string of the molecule is COc1cc(N2CCN(C(C)=O)CC2)ccc1Nc1ncc(C(F)(F)F)cn1.O=C(NCc1cccc(Cl)c1)C1CNCC(C(=O)NCc2cccc(Cl)c2)C1. The quantitative estimate of drug-likeness (QED) is 0.150. The topological polar surface area (TPSA) is 141 Å². The molecule has 17 heteroatoms. The number of piperazine rings is 1. The van der Waals surface area contributed by atoms with Crippen molar-refractivity contribution in [2.24, 2.45) is 11.8 Å². The van der Waals surface area contributed by atoms with Crippen LogP contribution in [-0.2, 0) is 33.6 Å². The molecule has 298 valence electrons. The number of carbonyl (C=O) groups excluding carboxylic acids is 3. The van der Waals surface area contributed by atoms with E-state index in [4.69, 9.17) is 27.9 Å². The molecular weight excluding hydrogens is 772 g/mol. The average Bonchev–Trinajstić information content (AvgIpc) is 3.19. The molecule has 3 aromatic carbocycles. The number of methoxy groups -OCH3 is 1. The molecule has 3 heterocycles. The van der Waals surface area contributed by atoms with Gasteiger partial charge in [0, 0.05) is 93.5 Å². The fraction of sp³-hybridized carbons (Fsp3) is 0.359. The molecule has 4 aromatic rings. The van der Waals surface area contributed by atoms with Gasteiger partial charge in [-0.2, -0.15) is 13.2 Å². The number of halogens is 5. The van der Waals surface area contributed by atoms with Crippen molar-refractivity contribution < 1.29 is 32.3 Å². The normalized spacial score (nSPS) is 16.9. The predicted molar refractivity (Wildman–Crippen MR) is 209 cm³/mol. The lowest BCUT2D eigenvalue weighted by Gasteiger charge is -2.35. The van der Waals surface area contributed by atoms with E-state index in [9.17, 15) is 27.6 Å². The van der Waals surface area contributed by atoms with Gasteiger partial charge in [0.15, 0.2) is 0 Å². The number of rotatable bonds is 10. The lowest BCUT2D eigenvalue weighted by molar-refractivity contribution is -0.138. The van der Waals surface area contributed by atoms with E-state index in [1.165, 1.54) is 7.11 Å². The predicted octanol–water partition coefficient (Wildman–Crippen LogP) is 6.07. The van der Waals surface area contributed by atoms with Gasteiger partial charge < -0.3 is 35.8 Å². The van der Waals surface area contributed by atoms with Crippen molar-refractivity contribution in [2.45, 2.75) is 32.6 Å². The average molecular weight is 816 g/mol. The minimum Gasteiger partial charge on any atom is -0.494 e. The number of nitrogens with zero attached hydrogens (tertiary/aromatic N) is 4. The molecule has 0 saturated carbocycles. The zero-order chi connectivity index (χ0) is 40.2. The number of piperidine rings is 1. The molecule has 2 fully saturated rings. The Bertz CT molecular complexity index is 1900. The Kier molecular flexibility index (Phi) is 14.7. The van der Waals surface area contributed by atoms with Gasteiger partial charge in [-0.25, -0.2) is 9.97 Å². The molecule has 2 unspecified atom stereocenters. The first-order valence-corrected chi connectivity index (χ1v) is 18.6. The summed E-state index contributed by atoms with van der Waals surface area (Å²) in [6.07, 6.45) is -2.50. The summed E-state index contributed by atoms with van der Waals surface area (Å²) in [6.45, 7) is 6.24. The van der Waals surface area contributed by atoms with Gasteiger partial charge in [0.1, 0.15) is 5.75 Å². The first kappa shape index (κ1) is 42.0. The lowest BCUT2D eigenvalue weighted by atomic mass is 9.89. The molecule has 3 amide bonds. The Balaban J connectivity index is 0.000000214. The molecule has 6 rings (SSSR count). The van der Waals surface area contributed by atoms with Gasteiger partial charge in [0.05, 0.1) is 30.2 Å². The highest BCUT2D eigenvalue weighted by Gasteiger charge is 2.32. The summed E-state index contributed by atoms with van der Waals surface area (Å²) in [4.78, 5) is 47.8. The van der Waals surface area contributed by atoms with E-state index in [-0.39, 0.29) is 35.5 Å². The fourth-order valence-corrected chi connectivity index (χ4v) is 6.65. The van der Waals surface area contributed by atoms with Crippen LogP contribution in [0.2, 0.25) is 10.0 Å². The molecule has 1 aromatic heterocycles. The van der Waals surface area contributed by atoms with Crippen molar-refractivity contribution in [3.05, 3.63) is 106 Å². The van der Waals surface area contributed by atoms with Crippen LogP contribution in [0, 0.1) is 11.8 Å². The summed E-state index contributed by atoms with van der Waals surface area (Å²) < 4.78 is 43.2. The van der Waals surface area contributed by atoms with Gasteiger partial charge in [-0.05, 0) is 53.9 Å². The Labute approximate surface area is 333 Å². The largest absolute Gasteiger partial charge is 0.494 e. The first-order valence-electron chi connectivity index (χ1n) is 17.9. The van der Waals surface area contributed by atoms with E-state index in [1.807, 2.05) is 48.5 Å². The smallest absolute Gasteiger partial charge is 0.419 e. The number of amides is 3. The van der Waals surface area contributed by atoms with Crippen molar-refractivity contribution in [2.75, 3.05) is 56.6 Å². The minimum absolute atomic E-state index is 0.0362. The Morgan fingerprint density at radius 1 is 0.839 bits per heavy atom. The van der Waals surface area contributed by atoms with Crippen LogP contribution in [0.1, 0.15) is 30.0 Å². The number of alkyl halides is 3. The number of hydrogen-bond acceptors (Lipinski definition) is 9. The van der Waals surface area contributed by atoms with E-state index < -0.39 is 11.7 Å². The van der Waals surface area contributed by atoms with Crippen molar-refractivity contribution in [1.82, 2.24) is 30.8 Å². The van der Waals surface area contributed by atoms with Crippen molar-refractivity contribution in [3.63, 3.8) is 0 Å². The number of hydrogen-bond donors (Lipinski definition) is 4. The number of nitrogens with one attached hydrogen (secondary N) is 4. The third-order valence-corrected chi connectivity index (χ3v) is 9.77. The van der Waals surface area contributed by atoms with E-state index in [0.29, 0.717) is 80.3 Å². The highest BCUT2D eigenvalue weighted by atomic mass is 35.5. The van der Waals surface area contributed by atoms with Crippen LogP contribution in [-0.4, -0.2) is 79.0 Å². The summed E-state index contributed by atoms with van der Waals surface area (Å²) >= 11 is 11.9. The number of aromatic nitrogens is 2. The number of ether oxygens (including phenoxy) is 1. The van der Waals surface area contributed by atoms with Gasteiger partial charge in [-0.1, -0.05) is 47.5 Å². The molecule has 0 aliphatic carbocycles. The highest BCUT2D eigenvalue weighted by Crippen LogP contribution is 2.33. The van der Waals surface area contributed by atoms with Gasteiger partial charge in [-0.15, -0.1) is 0 Å². The van der Waals surface area contributed by atoms with Crippen LogP contribution in [0.15, 0.2) is 79.1 Å². The van der Waals surface area contributed by atoms with Crippen molar-refractivity contribution >= 4 is 58.2 Å². The van der Waals surface area contributed by atoms with Gasteiger partial charge in [-0.3, -0.25) is 14.4 Å². The second-order valence-electron chi connectivity index (χ2n) is 13.3. The molecular formula is C39H43Cl2F3N8O4. The molecule has 0 bridgehead atoms. The van der Waals surface area contributed by atoms with E-state index in [2.05, 4.69) is 36.1 Å². The second kappa shape index (κ2) is 19.6. The van der Waals surface area contributed by atoms with Crippen LogP contribution in [0.5, 0.6) is 5.75 Å². The van der Waals surface area contributed by atoms with Crippen LogP contribution in [0.4, 0.5) is 30.5 Å². The Morgan fingerprint density at radius 3 is 1.88 bits per heavy atom. The maximum atomic E-state index is 12.6. The molecule has 2 saturated heterocycles. The van der Waals surface area contributed by atoms with Crippen molar-refractivity contribution in [1.29, 1.82) is 0 Å². The molecule has 0 spiro atoms. The maximum Gasteiger partial charge on any atom is 0.419 e. The number of anilines is 3. The highest BCUT2D eigenvalue weighted by molar-refractivity contribution is 6.30. The molecule has 2 atom stereocenters. The third-order valence-electron chi connectivity index (χ3n) is 9.30. The molecule has 2 aliphatic rings. The lowest BCUT2D eigenvalue weighted by Crippen LogP contribution is -2.48. The third kappa shape index (κ3) is 12.2. The summed E-state index contributed by atoms with van der Waals surface area (Å²) in [5.74, 6) is 0.0155. The first-order chi connectivity index (χ1) is 26.8. The Morgan fingerprint density at radius 2 is 1.39 bits per heavy atom. The molecule has 0 radical (unpaired) electrons. The number of carbonyl (C=O) groups is 3. The standard InChI is InChI=1S/C21H23Cl2N3O2.C18H20F3N5O2/c22-18-5-1-3-14(7-18)10-25-20(27)16-9-17(13-24-12-16)21(28)26-11-15-4-2-6-19(23)8-15;1-12(27)25-5-7-26(8-6-25)14-3-4-15(16(9-14)28-2)24-17-22-10-13(11-23-17)18(19,20)21/h1-8,16-17,24H,9-13H2,(H,25,27)(H,26,28);3-4,9-11H,5-8H2,1-2H3,(H,22,23,24). The molecule has 4 N–H and O–H groups in total. The second-order valence-corrected chi connectivity index (χ2v) is 14.2. The van der Waals surface area contributed by atoms with Gasteiger partial charge in [0.25, 0.3) is 0 Å². The van der Waals surface area contributed by atoms with E-state index in [1.54, 1.807) is 30.0 Å². The monoisotopic (exact) mass is 814 g/mol. The molecule has 56 heavy (non-hydrogen) atoms. The molecule has 12 nitrogen and oxygen atoms in total. The van der Waals surface area contributed by atoms with Crippen LogP contribution in [0.3, 0.4) is 0 Å². The van der Waals surface area contributed by atoms with Crippen molar-refractivity contribution in [3.8, 4) is 5.75 Å². The summed E-state index contributed by atoms with van der Waals surface area (Å²) in [7, 11) is 1.51. The van der Waals surface area contributed by atoms with Crippen LogP contribution in [0.25, 0.3) is 0 Å². The zero-order valence-corrected chi connectivity index (χ0v) is 32.3. The molecule has 2 aliphatic heterocycles. The van der Waals surface area contributed by atoms with Gasteiger partial charge in [0.2, 0.25) is 23.7 Å². The van der Waals surface area contributed by atoms with E-state index >= 15 is 0 Å². The maximum absolute atomic E-state index is 12.6. The summed E-state index contributed by atoms with van der Waals surface area (Å²) in [5.41, 5.74) is 2.44. The fourth-order valence-electron chi connectivity index (χ4n) is 6.22. The van der Waals surface area contributed by atoms with Gasteiger partial charge >= 0.3 is 6.18 Å². The van der Waals surface area contributed by atoms with Crippen LogP contribution >= 0.6 is 23.2 Å². The summed E-state index contributed by atoms with van der Waals surface area (Å²) in [5, 5.41) is 13.2. The van der Waals surface area contributed by atoms with E-state index in [0.717, 1.165) is 29.2 Å². The van der Waals surface area contributed by atoms with Crippen LogP contribution < -0.4 is 30.9 Å².